The Kier molecular flexibility index (Phi) is 9.77. The van der Waals surface area contributed by atoms with Crippen LogP contribution in [0.1, 0.15) is 6.42 Å². The molecule has 0 saturated heterocycles. The van der Waals surface area contributed by atoms with Crippen LogP contribution in [0.3, 0.4) is 0 Å². The van der Waals surface area contributed by atoms with Crippen molar-refractivity contribution in [2.24, 2.45) is 0 Å². The number of amides is 1. The van der Waals surface area contributed by atoms with Crippen LogP contribution in [-0.2, 0) is 4.79 Å². The van der Waals surface area contributed by atoms with Crippen LogP contribution in [0, 0.1) is 0 Å². The van der Waals surface area contributed by atoms with Gasteiger partial charge >= 0.3 is 0 Å². The zero-order chi connectivity index (χ0) is 8.53. The lowest BCUT2D eigenvalue weighted by Gasteiger charge is -1.97. The summed E-state index contributed by atoms with van der Waals surface area (Å²) >= 11 is 1.85. The van der Waals surface area contributed by atoms with Gasteiger partial charge in [-0.2, -0.15) is 0 Å². The van der Waals surface area contributed by atoms with Crippen molar-refractivity contribution < 1.29 is 4.79 Å². The Morgan fingerprint density at radius 3 is 3.00 bits per heavy atom. The first-order valence-electron chi connectivity index (χ1n) is 3.09. The second-order valence-electron chi connectivity index (χ2n) is 1.71. The third kappa shape index (κ3) is 8.83. The van der Waals surface area contributed by atoms with Crippen molar-refractivity contribution in [1.29, 1.82) is 0 Å². The highest BCUT2D eigenvalue weighted by Gasteiger charge is 1.97. The number of rotatable bonds is 6. The molecule has 0 aromatic rings. The molecule has 11 heavy (non-hydrogen) atoms. The Bertz CT molecular complexity index is 118. The summed E-state index contributed by atoms with van der Waals surface area (Å²) < 4.78 is 2.55. The summed E-state index contributed by atoms with van der Waals surface area (Å²) in [6.07, 6.45) is 0.602. The molecule has 0 spiro atoms. The molecule has 0 radical (unpaired) electrons. The molecule has 0 saturated carbocycles. The summed E-state index contributed by atoms with van der Waals surface area (Å²) in [6, 6.07) is 0. The number of carbonyl (C=O) groups excluding carboxylic acids is 1. The van der Waals surface area contributed by atoms with Crippen LogP contribution >= 0.6 is 44.3 Å². The molecule has 1 amide bonds. The Labute approximate surface area is 89.3 Å². The van der Waals surface area contributed by atoms with Gasteiger partial charge in [-0.05, 0) is 7.05 Å². The molecule has 0 bridgehead atoms. The Balaban J connectivity index is 2.95. The minimum Gasteiger partial charge on any atom is -0.352 e. The van der Waals surface area contributed by atoms with E-state index in [0.29, 0.717) is 6.42 Å². The standard InChI is InChI=1S/C4H10BIN2OS2/c1-7-5-11-10-3-2-4(9)8-6/h5,7H,2-3H2,1H3,(H,8,9). The van der Waals surface area contributed by atoms with Gasteiger partial charge in [-0.3, -0.25) is 8.32 Å². The van der Waals surface area contributed by atoms with Gasteiger partial charge in [-0.15, -0.1) is 21.4 Å². The molecule has 0 aliphatic carbocycles. The first kappa shape index (κ1) is 11.9. The Morgan fingerprint density at radius 1 is 1.73 bits per heavy atom. The fourth-order valence-electron chi connectivity index (χ4n) is 0.341. The number of nitrogens with one attached hydrogen (secondary N) is 2. The van der Waals surface area contributed by atoms with E-state index >= 15 is 0 Å². The molecule has 0 aliphatic rings. The van der Waals surface area contributed by atoms with Gasteiger partial charge in [0.1, 0.15) is 0 Å². The molecule has 0 aromatic carbocycles. The highest BCUT2D eigenvalue weighted by molar-refractivity contribution is 14.1. The number of halogens is 1. The quantitative estimate of drug-likeness (QED) is 0.249. The summed E-state index contributed by atoms with van der Waals surface area (Å²) in [5.74, 6) is 0.976. The van der Waals surface area contributed by atoms with Gasteiger partial charge in [0, 0.05) is 12.2 Å². The van der Waals surface area contributed by atoms with Crippen LogP contribution in [0.5, 0.6) is 0 Å². The lowest BCUT2D eigenvalue weighted by atomic mass is 10.4. The van der Waals surface area contributed by atoms with Gasteiger partial charge in [0.25, 0.3) is 6.69 Å². The monoisotopic (exact) mass is 304 g/mol. The molecule has 7 heteroatoms. The average molecular weight is 304 g/mol. The van der Waals surface area contributed by atoms with Gasteiger partial charge in [0.15, 0.2) is 0 Å². The summed E-state index contributed by atoms with van der Waals surface area (Å²) in [5, 5.41) is 3.01. The van der Waals surface area contributed by atoms with Crippen molar-refractivity contribution in [3.63, 3.8) is 0 Å². The zero-order valence-corrected chi connectivity index (χ0v) is 10.0. The van der Waals surface area contributed by atoms with E-state index in [9.17, 15) is 4.79 Å². The van der Waals surface area contributed by atoms with Gasteiger partial charge in [-0.1, -0.05) is 0 Å². The van der Waals surface area contributed by atoms with Crippen molar-refractivity contribution in [1.82, 2.24) is 8.76 Å². The van der Waals surface area contributed by atoms with Crippen LogP contribution in [0.15, 0.2) is 0 Å². The SMILES string of the molecule is CNBSSCCC(=O)NI. The summed E-state index contributed by atoms with van der Waals surface area (Å²) in [4.78, 5) is 10.7. The predicted molar refractivity (Wildman–Crippen MR) is 63.0 cm³/mol. The highest BCUT2D eigenvalue weighted by Crippen LogP contribution is 2.18. The fourth-order valence-corrected chi connectivity index (χ4v) is 2.41. The number of hydrogen-bond acceptors (Lipinski definition) is 4. The summed E-state index contributed by atoms with van der Waals surface area (Å²) in [7, 11) is 5.35. The molecule has 0 aromatic heterocycles. The van der Waals surface area contributed by atoms with E-state index in [1.54, 1.807) is 21.4 Å². The van der Waals surface area contributed by atoms with Gasteiger partial charge in [0.2, 0.25) is 5.91 Å². The van der Waals surface area contributed by atoms with Gasteiger partial charge in [-0.25, -0.2) is 0 Å². The maximum Gasteiger partial charge on any atom is 0.283 e. The molecule has 0 unspecified atom stereocenters. The van der Waals surface area contributed by atoms with Crippen LogP contribution in [0.4, 0.5) is 0 Å². The maximum atomic E-state index is 10.7. The predicted octanol–water partition coefficient (Wildman–Crippen LogP) is 0.710. The van der Waals surface area contributed by atoms with Crippen molar-refractivity contribution in [2.45, 2.75) is 6.42 Å². The molecule has 0 heterocycles. The molecule has 64 valence electrons. The minimum absolute atomic E-state index is 0.100. The van der Waals surface area contributed by atoms with E-state index in [1.165, 1.54) is 0 Å². The van der Waals surface area contributed by atoms with Gasteiger partial charge < -0.3 is 5.23 Å². The topological polar surface area (TPSA) is 41.1 Å². The first-order valence-corrected chi connectivity index (χ1v) is 6.66. The minimum atomic E-state index is 0.100. The number of hydrogen-bond donors (Lipinski definition) is 2. The van der Waals surface area contributed by atoms with Crippen molar-refractivity contribution in [3.05, 3.63) is 0 Å². The van der Waals surface area contributed by atoms with E-state index in [1.807, 2.05) is 29.9 Å². The normalized spacial score (nSPS) is 9.27. The van der Waals surface area contributed by atoms with Crippen LogP contribution in [-0.4, -0.2) is 25.4 Å². The molecule has 0 atom stereocenters. The smallest absolute Gasteiger partial charge is 0.283 e. The van der Waals surface area contributed by atoms with E-state index in [-0.39, 0.29) is 5.91 Å². The van der Waals surface area contributed by atoms with E-state index in [4.69, 9.17) is 0 Å². The molecular weight excluding hydrogens is 294 g/mol. The van der Waals surface area contributed by atoms with Crippen molar-refractivity contribution >= 4 is 56.9 Å². The maximum absolute atomic E-state index is 10.7. The Hall–Kier alpha value is 0.925. The molecule has 0 fully saturated rings. The third-order valence-electron chi connectivity index (χ3n) is 0.804. The van der Waals surface area contributed by atoms with Crippen LogP contribution in [0.2, 0.25) is 0 Å². The second-order valence-corrected chi connectivity index (χ2v) is 4.83. The average Bonchev–Trinajstić information content (AvgIpc) is 2.04. The van der Waals surface area contributed by atoms with E-state index in [2.05, 4.69) is 8.76 Å². The summed E-state index contributed by atoms with van der Waals surface area (Å²) in [5.41, 5.74) is 0. The van der Waals surface area contributed by atoms with E-state index in [0.717, 1.165) is 12.4 Å². The van der Waals surface area contributed by atoms with Crippen molar-refractivity contribution in [2.75, 3.05) is 12.8 Å². The fraction of sp³-hybridized carbons (Fsp3) is 0.750. The second kappa shape index (κ2) is 9.02. The van der Waals surface area contributed by atoms with Crippen LogP contribution in [0.25, 0.3) is 0 Å². The highest BCUT2D eigenvalue weighted by atomic mass is 127. The van der Waals surface area contributed by atoms with Gasteiger partial charge in [0.05, 0.1) is 22.9 Å². The van der Waals surface area contributed by atoms with Crippen LogP contribution < -0.4 is 8.76 Å². The zero-order valence-electron chi connectivity index (χ0n) is 6.22. The lowest BCUT2D eigenvalue weighted by molar-refractivity contribution is -0.118. The molecular formula is C4H10BIN2OS2. The third-order valence-corrected chi connectivity index (χ3v) is 3.70. The molecule has 0 rings (SSSR count). The largest absolute Gasteiger partial charge is 0.352 e. The molecule has 3 nitrogen and oxygen atoms in total. The Morgan fingerprint density at radius 2 is 2.45 bits per heavy atom. The molecule has 0 aliphatic heterocycles. The van der Waals surface area contributed by atoms with Crippen molar-refractivity contribution in [3.8, 4) is 0 Å². The van der Waals surface area contributed by atoms with E-state index < -0.39 is 0 Å². The number of carbonyl (C=O) groups is 1. The lowest BCUT2D eigenvalue weighted by Crippen LogP contribution is -2.12. The summed E-state index contributed by atoms with van der Waals surface area (Å²) in [6.45, 7) is 0.927. The first-order chi connectivity index (χ1) is 5.31. The molecule has 2 N–H and O–H groups in total.